The molecule has 6 nitrogen and oxygen atoms in total. The van der Waals surface area contributed by atoms with E-state index in [0.717, 1.165) is 6.42 Å². The standard InChI is InChI=1S/C10H19NO2.BH3O3/c1-9(2,12)10(3,4)13-8-6-5-7-11;2-1(3)4/h12H,5-6,8H2,1-4H3;2-4H. The Morgan fingerprint density at radius 1 is 1.18 bits per heavy atom. The minimum atomic E-state index is -2.17. The Balaban J connectivity index is 0. The van der Waals surface area contributed by atoms with Crippen LogP contribution in [0.1, 0.15) is 40.5 Å². The van der Waals surface area contributed by atoms with E-state index in [9.17, 15) is 5.11 Å². The van der Waals surface area contributed by atoms with Crippen molar-refractivity contribution in [1.82, 2.24) is 0 Å². The summed E-state index contributed by atoms with van der Waals surface area (Å²) in [5, 5.41) is 39.5. The third-order valence-electron chi connectivity index (χ3n) is 2.37. The lowest BCUT2D eigenvalue weighted by Crippen LogP contribution is -2.47. The van der Waals surface area contributed by atoms with Crippen molar-refractivity contribution >= 4 is 7.32 Å². The fourth-order valence-electron chi connectivity index (χ4n) is 0.655. The third kappa shape index (κ3) is 11.6. The summed E-state index contributed by atoms with van der Waals surface area (Å²) < 4.78 is 5.49. The molecule has 17 heavy (non-hydrogen) atoms. The molecular formula is C10H22BNO5. The number of ether oxygens (including phenoxy) is 1. The molecule has 0 amide bonds. The molecule has 0 aliphatic carbocycles. The van der Waals surface area contributed by atoms with E-state index in [1.165, 1.54) is 0 Å². The molecule has 0 heterocycles. The van der Waals surface area contributed by atoms with Crippen LogP contribution >= 0.6 is 0 Å². The quantitative estimate of drug-likeness (QED) is 0.395. The largest absolute Gasteiger partial charge is 0.631 e. The van der Waals surface area contributed by atoms with Crippen LogP contribution in [0.5, 0.6) is 0 Å². The van der Waals surface area contributed by atoms with Gasteiger partial charge in [-0.15, -0.1) is 0 Å². The van der Waals surface area contributed by atoms with Gasteiger partial charge in [0.2, 0.25) is 0 Å². The van der Waals surface area contributed by atoms with Gasteiger partial charge in [-0.1, -0.05) is 0 Å². The van der Waals surface area contributed by atoms with Gasteiger partial charge in [-0.2, -0.15) is 5.26 Å². The van der Waals surface area contributed by atoms with Gasteiger partial charge in [0.15, 0.2) is 0 Å². The maximum Gasteiger partial charge on any atom is 0.631 e. The number of nitriles is 1. The van der Waals surface area contributed by atoms with Crippen LogP contribution in [0.4, 0.5) is 0 Å². The first-order valence-electron chi connectivity index (χ1n) is 5.32. The van der Waals surface area contributed by atoms with E-state index in [1.54, 1.807) is 13.8 Å². The lowest BCUT2D eigenvalue weighted by atomic mass is 9.89. The summed E-state index contributed by atoms with van der Waals surface area (Å²) in [7, 11) is -2.17. The molecule has 4 N–H and O–H groups in total. The highest BCUT2D eigenvalue weighted by atomic mass is 16.5. The van der Waals surface area contributed by atoms with Crippen LogP contribution in [0.15, 0.2) is 0 Å². The molecule has 0 saturated carbocycles. The fraction of sp³-hybridized carbons (Fsp3) is 0.900. The number of hydrogen-bond acceptors (Lipinski definition) is 6. The summed E-state index contributed by atoms with van der Waals surface area (Å²) in [4.78, 5) is 0. The second kappa shape index (κ2) is 8.45. The highest BCUT2D eigenvalue weighted by Gasteiger charge is 2.35. The van der Waals surface area contributed by atoms with E-state index in [2.05, 4.69) is 6.07 Å². The molecule has 0 saturated heterocycles. The van der Waals surface area contributed by atoms with E-state index in [-0.39, 0.29) is 0 Å². The smallest absolute Gasteiger partial charge is 0.402 e. The molecule has 0 aliphatic rings. The van der Waals surface area contributed by atoms with Crippen LogP contribution in [0.3, 0.4) is 0 Å². The Kier molecular flexibility index (Phi) is 9.30. The Morgan fingerprint density at radius 3 is 1.88 bits per heavy atom. The average molecular weight is 247 g/mol. The minimum absolute atomic E-state index is 0.502. The fourth-order valence-corrected chi connectivity index (χ4v) is 0.655. The Labute approximate surface area is 103 Å². The molecule has 0 spiro atoms. The lowest BCUT2D eigenvalue weighted by Gasteiger charge is -2.37. The molecular weight excluding hydrogens is 225 g/mol. The molecule has 0 unspecified atom stereocenters. The van der Waals surface area contributed by atoms with Crippen molar-refractivity contribution < 1.29 is 24.9 Å². The second-order valence-corrected chi connectivity index (χ2v) is 4.53. The molecule has 0 aromatic carbocycles. The monoisotopic (exact) mass is 247 g/mol. The van der Waals surface area contributed by atoms with E-state index in [4.69, 9.17) is 25.1 Å². The summed E-state index contributed by atoms with van der Waals surface area (Å²) >= 11 is 0. The van der Waals surface area contributed by atoms with Gasteiger partial charge in [0.1, 0.15) is 0 Å². The first-order valence-corrected chi connectivity index (χ1v) is 5.32. The second-order valence-electron chi connectivity index (χ2n) is 4.53. The average Bonchev–Trinajstić information content (AvgIpc) is 2.09. The highest BCUT2D eigenvalue weighted by molar-refractivity contribution is 6.30. The number of nitrogens with zero attached hydrogens (tertiary/aromatic N) is 1. The van der Waals surface area contributed by atoms with Gasteiger partial charge in [0.25, 0.3) is 0 Å². The third-order valence-corrected chi connectivity index (χ3v) is 2.37. The van der Waals surface area contributed by atoms with Gasteiger partial charge in [0.05, 0.1) is 17.3 Å². The molecule has 0 aromatic rings. The zero-order chi connectivity index (χ0) is 14.1. The van der Waals surface area contributed by atoms with Gasteiger partial charge in [0, 0.05) is 13.0 Å². The molecule has 0 bridgehead atoms. The summed E-state index contributed by atoms with van der Waals surface area (Å²) in [6.07, 6.45) is 1.22. The maximum atomic E-state index is 9.71. The van der Waals surface area contributed by atoms with Crippen molar-refractivity contribution in [2.45, 2.75) is 51.7 Å². The zero-order valence-corrected chi connectivity index (χ0v) is 10.8. The maximum absolute atomic E-state index is 9.71. The highest BCUT2D eigenvalue weighted by Crippen LogP contribution is 2.24. The van der Waals surface area contributed by atoms with Crippen molar-refractivity contribution in [3.63, 3.8) is 0 Å². The summed E-state index contributed by atoms with van der Waals surface area (Å²) in [5.74, 6) is 0. The van der Waals surface area contributed by atoms with Crippen LogP contribution in [-0.4, -0.2) is 45.3 Å². The summed E-state index contributed by atoms with van der Waals surface area (Å²) in [6.45, 7) is 7.65. The summed E-state index contributed by atoms with van der Waals surface area (Å²) in [6, 6.07) is 2.05. The van der Waals surface area contributed by atoms with Gasteiger partial charge in [-0.25, -0.2) is 0 Å². The van der Waals surface area contributed by atoms with E-state index in [1.807, 2.05) is 13.8 Å². The lowest BCUT2D eigenvalue weighted by molar-refractivity contribution is -0.147. The molecule has 0 fully saturated rings. The van der Waals surface area contributed by atoms with Gasteiger partial charge >= 0.3 is 7.32 Å². The van der Waals surface area contributed by atoms with Crippen molar-refractivity contribution in [1.29, 1.82) is 5.26 Å². The first kappa shape index (κ1) is 18.7. The van der Waals surface area contributed by atoms with Crippen LogP contribution in [0.25, 0.3) is 0 Å². The Bertz CT molecular complexity index is 229. The normalized spacial score (nSPS) is 11.2. The zero-order valence-electron chi connectivity index (χ0n) is 10.8. The van der Waals surface area contributed by atoms with Crippen LogP contribution in [-0.2, 0) is 4.74 Å². The predicted molar refractivity (Wildman–Crippen MR) is 63.6 cm³/mol. The van der Waals surface area contributed by atoms with Gasteiger partial charge in [-0.3, -0.25) is 0 Å². The molecule has 0 aromatic heterocycles. The van der Waals surface area contributed by atoms with Crippen LogP contribution < -0.4 is 0 Å². The predicted octanol–water partition coefficient (Wildman–Crippen LogP) is -0.196. The van der Waals surface area contributed by atoms with Crippen molar-refractivity contribution in [2.75, 3.05) is 6.61 Å². The van der Waals surface area contributed by atoms with E-state index < -0.39 is 18.5 Å². The minimum Gasteiger partial charge on any atom is -0.402 e. The van der Waals surface area contributed by atoms with E-state index >= 15 is 0 Å². The number of hydrogen-bond donors (Lipinski definition) is 4. The van der Waals surface area contributed by atoms with Crippen LogP contribution in [0.2, 0.25) is 0 Å². The summed E-state index contributed by atoms with van der Waals surface area (Å²) in [5.41, 5.74) is -1.43. The molecule has 0 aliphatic heterocycles. The number of aliphatic hydroxyl groups is 1. The molecule has 7 heteroatoms. The molecule has 0 atom stereocenters. The number of rotatable bonds is 5. The van der Waals surface area contributed by atoms with Crippen molar-refractivity contribution in [2.24, 2.45) is 0 Å². The Hall–Kier alpha value is -0.645. The first-order chi connectivity index (χ1) is 7.54. The molecule has 100 valence electrons. The molecule has 0 rings (SSSR count). The van der Waals surface area contributed by atoms with Gasteiger partial charge < -0.3 is 24.9 Å². The van der Waals surface area contributed by atoms with Crippen molar-refractivity contribution in [3.05, 3.63) is 0 Å². The SMILES string of the molecule is CC(C)(O)C(C)(C)OCCCC#N.OB(O)O. The molecule has 0 radical (unpaired) electrons. The van der Waals surface area contributed by atoms with Gasteiger partial charge in [-0.05, 0) is 34.1 Å². The Morgan fingerprint density at radius 2 is 1.59 bits per heavy atom. The topological polar surface area (TPSA) is 114 Å². The van der Waals surface area contributed by atoms with Crippen LogP contribution in [0, 0.1) is 11.3 Å². The van der Waals surface area contributed by atoms with Crippen molar-refractivity contribution in [3.8, 4) is 6.07 Å². The number of unbranched alkanes of at least 4 members (excludes halogenated alkanes) is 1. The van der Waals surface area contributed by atoms with E-state index in [0.29, 0.717) is 13.0 Å².